The lowest BCUT2D eigenvalue weighted by atomic mass is 10.0. The number of anilines is 1. The van der Waals surface area contributed by atoms with Gasteiger partial charge < -0.3 is 5.11 Å². The molecule has 118 valence electrons. The second kappa shape index (κ2) is 5.06. The second-order valence-electron chi connectivity index (χ2n) is 4.68. The van der Waals surface area contributed by atoms with E-state index in [1.807, 2.05) is 0 Å². The van der Waals surface area contributed by atoms with Crippen LogP contribution in [-0.2, 0) is 0 Å². The van der Waals surface area contributed by atoms with E-state index in [0.717, 1.165) is 5.12 Å². The van der Waals surface area contributed by atoms with Gasteiger partial charge in [-0.1, -0.05) is 18.2 Å². The molecule has 11 nitrogen and oxygen atoms in total. The molecule has 1 atom stereocenters. The van der Waals surface area contributed by atoms with E-state index < -0.39 is 33.1 Å². The predicted molar refractivity (Wildman–Crippen MR) is 74.2 cm³/mol. The molecular weight excluding hydrogens is 310 g/mol. The lowest BCUT2D eigenvalue weighted by molar-refractivity contribution is -0.783. The summed E-state index contributed by atoms with van der Waals surface area (Å²) in [5.41, 5.74) is 0.921. The normalized spacial score (nSPS) is 20.1. The molecule has 0 aromatic heterocycles. The smallest absolute Gasteiger partial charge is 0.337 e. The number of nitro groups is 2. The highest BCUT2D eigenvalue weighted by molar-refractivity contribution is 6.04. The Labute approximate surface area is 127 Å². The fraction of sp³-hybridized carbons (Fsp3) is 0.0833. The van der Waals surface area contributed by atoms with Crippen LogP contribution in [0.2, 0.25) is 0 Å². The zero-order valence-electron chi connectivity index (χ0n) is 11.4. The summed E-state index contributed by atoms with van der Waals surface area (Å²) >= 11 is 0. The molecule has 0 saturated carbocycles. The monoisotopic (exact) mass is 320 g/mol. The number of hydrazone groups is 1. The number of para-hydroxylation sites is 1. The van der Waals surface area contributed by atoms with Crippen molar-refractivity contribution in [2.45, 2.75) is 6.10 Å². The van der Waals surface area contributed by atoms with Crippen LogP contribution in [0.1, 0.15) is 0 Å². The summed E-state index contributed by atoms with van der Waals surface area (Å²) in [5.74, 6) is 0. The lowest BCUT2D eigenvalue weighted by Crippen LogP contribution is -2.38. The molecule has 0 bridgehead atoms. The van der Waals surface area contributed by atoms with Crippen molar-refractivity contribution in [3.63, 3.8) is 0 Å². The first kappa shape index (κ1) is 14.5. The quantitative estimate of drug-likeness (QED) is 0.300. The van der Waals surface area contributed by atoms with Crippen LogP contribution in [0.4, 0.5) is 5.69 Å². The predicted octanol–water partition coefficient (Wildman–Crippen LogP) is -0.208. The Balaban J connectivity index is 2.17. The Hall–Kier alpha value is -3.47. The summed E-state index contributed by atoms with van der Waals surface area (Å²) in [5, 5.41) is 43.4. The number of hydrogen-bond donors (Lipinski definition) is 3. The van der Waals surface area contributed by atoms with Crippen LogP contribution in [0.15, 0.2) is 53.5 Å². The molecular formula is C12H10N5O6+. The first-order valence-electron chi connectivity index (χ1n) is 6.32. The molecule has 0 radical (unpaired) electrons. The van der Waals surface area contributed by atoms with Gasteiger partial charge in [0.25, 0.3) is 5.70 Å². The molecule has 1 aromatic carbocycles. The molecule has 3 rings (SSSR count). The van der Waals surface area contributed by atoms with E-state index >= 15 is 0 Å². The van der Waals surface area contributed by atoms with Crippen molar-refractivity contribution in [1.29, 1.82) is 0 Å². The highest BCUT2D eigenvalue weighted by Gasteiger charge is 2.53. The van der Waals surface area contributed by atoms with E-state index in [-0.39, 0.29) is 5.70 Å². The number of rotatable bonds is 3. The zero-order chi connectivity index (χ0) is 16.7. The van der Waals surface area contributed by atoms with Gasteiger partial charge in [0.05, 0.1) is 15.9 Å². The van der Waals surface area contributed by atoms with E-state index in [2.05, 4.69) is 5.43 Å². The third kappa shape index (κ3) is 2.15. The highest BCUT2D eigenvalue weighted by Crippen LogP contribution is 2.27. The van der Waals surface area contributed by atoms with Gasteiger partial charge >= 0.3 is 11.4 Å². The number of benzene rings is 1. The van der Waals surface area contributed by atoms with E-state index in [9.17, 15) is 30.5 Å². The molecule has 2 aliphatic rings. The minimum Gasteiger partial charge on any atom is -0.372 e. The molecule has 0 fully saturated rings. The largest absolute Gasteiger partial charge is 0.372 e. The Kier molecular flexibility index (Phi) is 3.19. The van der Waals surface area contributed by atoms with Gasteiger partial charge in [0.2, 0.25) is 11.8 Å². The summed E-state index contributed by atoms with van der Waals surface area (Å²) in [6.07, 6.45) is -1.16. The number of hydrogen-bond acceptors (Lipinski definition) is 8. The van der Waals surface area contributed by atoms with E-state index in [1.54, 1.807) is 30.3 Å². The SMILES string of the molecule is O=[N+]([O-])C1=CC([N+](=O)[O-])=C2NN(c3ccccc3)[N+](O)=C2C1O. The molecule has 1 aliphatic carbocycles. The average Bonchev–Trinajstić information content (AvgIpc) is 2.86. The summed E-state index contributed by atoms with van der Waals surface area (Å²) in [6.45, 7) is 0. The summed E-state index contributed by atoms with van der Waals surface area (Å²) in [6, 6.07) is 8.24. The Morgan fingerprint density at radius 2 is 1.83 bits per heavy atom. The van der Waals surface area contributed by atoms with Gasteiger partial charge in [-0.3, -0.25) is 25.4 Å². The van der Waals surface area contributed by atoms with Gasteiger partial charge in [-0.05, 0) is 17.3 Å². The number of allylic oxidation sites excluding steroid dienone is 1. The molecule has 3 N–H and O–H groups in total. The van der Waals surface area contributed by atoms with Gasteiger partial charge in [0.1, 0.15) is 10.5 Å². The van der Waals surface area contributed by atoms with Crippen molar-refractivity contribution in [3.8, 4) is 0 Å². The molecule has 0 amide bonds. The number of nitrogens with zero attached hydrogens (tertiary/aromatic N) is 4. The fourth-order valence-electron chi connectivity index (χ4n) is 2.32. The Morgan fingerprint density at radius 3 is 2.39 bits per heavy atom. The minimum absolute atomic E-state index is 0.223. The van der Waals surface area contributed by atoms with Gasteiger partial charge in [0, 0.05) is 0 Å². The molecule has 0 spiro atoms. The molecule has 0 saturated heterocycles. The van der Waals surface area contributed by atoms with Crippen molar-refractivity contribution in [1.82, 2.24) is 5.43 Å². The fourth-order valence-corrected chi connectivity index (χ4v) is 2.32. The highest BCUT2D eigenvalue weighted by atomic mass is 16.6. The van der Waals surface area contributed by atoms with Crippen LogP contribution < -0.4 is 10.5 Å². The molecule has 1 aliphatic heterocycles. The number of nitrogens with one attached hydrogen (secondary N) is 1. The lowest BCUT2D eigenvalue weighted by Gasteiger charge is -2.09. The van der Waals surface area contributed by atoms with Crippen LogP contribution in [0.5, 0.6) is 0 Å². The van der Waals surface area contributed by atoms with E-state index in [4.69, 9.17) is 0 Å². The van der Waals surface area contributed by atoms with Crippen LogP contribution in [0.3, 0.4) is 0 Å². The molecule has 1 heterocycles. The first-order valence-corrected chi connectivity index (χ1v) is 6.32. The topological polar surface area (TPSA) is 145 Å². The maximum absolute atomic E-state index is 11.1. The van der Waals surface area contributed by atoms with Crippen molar-refractivity contribution >= 4 is 11.4 Å². The number of aliphatic hydroxyl groups is 1. The van der Waals surface area contributed by atoms with Gasteiger partial charge in [0.15, 0.2) is 0 Å². The third-order valence-electron chi connectivity index (χ3n) is 3.37. The number of aliphatic hydroxyl groups excluding tert-OH is 1. The van der Waals surface area contributed by atoms with Gasteiger partial charge in [-0.2, -0.15) is 0 Å². The third-order valence-corrected chi connectivity index (χ3v) is 3.37. The molecule has 1 aromatic rings. The first-order chi connectivity index (χ1) is 10.9. The van der Waals surface area contributed by atoms with Crippen molar-refractivity contribution in [3.05, 3.63) is 73.7 Å². The number of fused-ring (bicyclic) bond motifs is 1. The summed E-state index contributed by atoms with van der Waals surface area (Å²) in [4.78, 5) is 20.8. The molecule has 11 heteroatoms. The second-order valence-corrected chi connectivity index (χ2v) is 4.68. The molecule has 23 heavy (non-hydrogen) atoms. The zero-order valence-corrected chi connectivity index (χ0v) is 11.4. The van der Waals surface area contributed by atoms with E-state index in [0.29, 0.717) is 16.6 Å². The number of hydrazine groups is 2. The standard InChI is InChI=1S/C12H10N5O6/c18-12-9(17(22)23)6-8(16(20)21)10-11(12)15(19)14(13-10)7-4-2-1-3-5-7/h1-6,12-13,18-19H/q+1. The Bertz CT molecular complexity index is 799. The van der Waals surface area contributed by atoms with E-state index in [1.165, 1.54) is 0 Å². The van der Waals surface area contributed by atoms with Crippen LogP contribution in [0, 0.1) is 20.2 Å². The van der Waals surface area contributed by atoms with Crippen LogP contribution >= 0.6 is 0 Å². The maximum Gasteiger partial charge on any atom is 0.337 e. The van der Waals surface area contributed by atoms with Gasteiger partial charge in [-0.15, -0.1) is 0 Å². The maximum atomic E-state index is 11.1. The molecule has 1 unspecified atom stereocenters. The Morgan fingerprint density at radius 1 is 1.17 bits per heavy atom. The van der Waals surface area contributed by atoms with Crippen molar-refractivity contribution in [2.75, 3.05) is 5.12 Å². The average molecular weight is 320 g/mol. The summed E-state index contributed by atoms with van der Waals surface area (Å²) in [7, 11) is 0. The summed E-state index contributed by atoms with van der Waals surface area (Å²) < 4.78 is 0. The van der Waals surface area contributed by atoms with Gasteiger partial charge in [-0.25, -0.2) is 5.43 Å². The minimum atomic E-state index is -1.82. The van der Waals surface area contributed by atoms with Crippen LogP contribution in [-0.4, -0.2) is 36.8 Å². The van der Waals surface area contributed by atoms with Crippen molar-refractivity contribution < 1.29 is 25.0 Å². The van der Waals surface area contributed by atoms with Crippen LogP contribution in [0.25, 0.3) is 0 Å². The van der Waals surface area contributed by atoms with Crippen molar-refractivity contribution in [2.24, 2.45) is 0 Å².